The quantitative estimate of drug-likeness (QED) is 0.631. The minimum Gasteiger partial charge on any atom is -0.334 e. The van der Waals surface area contributed by atoms with Crippen molar-refractivity contribution in [2.24, 2.45) is 5.92 Å². The molecule has 1 saturated carbocycles. The molecule has 1 aliphatic heterocycles. The molecule has 1 heterocycles. The zero-order valence-corrected chi connectivity index (χ0v) is 8.45. The number of imide groups is 1. The van der Waals surface area contributed by atoms with Crippen LogP contribution in [0.5, 0.6) is 0 Å². The Morgan fingerprint density at radius 2 is 1.93 bits per heavy atom. The molecule has 0 aromatic carbocycles. The number of carbonyl (C=O) groups is 2. The van der Waals surface area contributed by atoms with Gasteiger partial charge in [0.15, 0.2) is 0 Å². The number of amides is 3. The van der Waals surface area contributed by atoms with Gasteiger partial charge >= 0.3 is 6.03 Å². The smallest absolute Gasteiger partial charge is 0.324 e. The summed E-state index contributed by atoms with van der Waals surface area (Å²) < 4.78 is 0. The van der Waals surface area contributed by atoms with Gasteiger partial charge in [0.05, 0.1) is 5.92 Å². The second-order valence-corrected chi connectivity index (χ2v) is 4.20. The molecule has 3 amide bonds. The molecule has 0 bridgehead atoms. The summed E-state index contributed by atoms with van der Waals surface area (Å²) in [5.74, 6) is 0.0286. The van der Waals surface area contributed by atoms with E-state index in [1.807, 2.05) is 0 Å². The summed E-state index contributed by atoms with van der Waals surface area (Å²) in [5, 5.41) is 2.90. The molecule has 2 atom stereocenters. The van der Waals surface area contributed by atoms with Crippen LogP contribution < -0.4 is 5.32 Å². The van der Waals surface area contributed by atoms with Gasteiger partial charge in [-0.3, -0.25) is 9.69 Å². The summed E-state index contributed by atoms with van der Waals surface area (Å²) in [6, 6.07) is -0.146. The van der Waals surface area contributed by atoms with Gasteiger partial charge in [-0.1, -0.05) is 19.3 Å². The third kappa shape index (κ3) is 1.49. The molecular weight excluding hydrogens is 180 g/mol. The summed E-state index contributed by atoms with van der Waals surface area (Å²) in [5.41, 5.74) is 0. The molecule has 0 aromatic rings. The molecule has 2 unspecified atom stereocenters. The number of hydrogen-bond acceptors (Lipinski definition) is 2. The normalized spacial score (nSPS) is 33.4. The molecule has 1 aliphatic carbocycles. The first-order chi connectivity index (χ1) is 6.70. The lowest BCUT2D eigenvalue weighted by Crippen LogP contribution is -2.58. The van der Waals surface area contributed by atoms with Crippen molar-refractivity contribution in [3.05, 3.63) is 0 Å². The Kier molecular flexibility index (Phi) is 2.44. The van der Waals surface area contributed by atoms with Crippen molar-refractivity contribution in [1.82, 2.24) is 10.2 Å². The van der Waals surface area contributed by atoms with Crippen molar-refractivity contribution >= 4 is 11.9 Å². The summed E-state index contributed by atoms with van der Waals surface area (Å²) in [6.45, 7) is 0. The van der Waals surface area contributed by atoms with Gasteiger partial charge < -0.3 is 5.32 Å². The molecule has 0 spiro atoms. The lowest BCUT2D eigenvalue weighted by Gasteiger charge is -2.34. The maximum atomic E-state index is 11.8. The van der Waals surface area contributed by atoms with Crippen LogP contribution in [-0.4, -0.2) is 29.9 Å². The van der Waals surface area contributed by atoms with E-state index in [9.17, 15) is 9.59 Å². The Morgan fingerprint density at radius 1 is 1.21 bits per heavy atom. The Hall–Kier alpha value is -1.06. The van der Waals surface area contributed by atoms with E-state index in [2.05, 4.69) is 5.32 Å². The summed E-state index contributed by atoms with van der Waals surface area (Å²) >= 11 is 0. The number of hydrogen-bond donors (Lipinski definition) is 1. The van der Waals surface area contributed by atoms with Crippen LogP contribution in [0.3, 0.4) is 0 Å². The average molecular weight is 196 g/mol. The Balaban J connectivity index is 2.17. The maximum absolute atomic E-state index is 11.8. The predicted molar refractivity (Wildman–Crippen MR) is 51.7 cm³/mol. The van der Waals surface area contributed by atoms with Crippen molar-refractivity contribution in [1.29, 1.82) is 0 Å². The predicted octanol–water partition coefficient (Wildman–Crippen LogP) is 1.12. The minimum absolute atomic E-state index is 0.000602. The fourth-order valence-electron chi connectivity index (χ4n) is 2.38. The fraction of sp³-hybridized carbons (Fsp3) is 0.800. The molecule has 1 N–H and O–H groups in total. The number of urea groups is 1. The van der Waals surface area contributed by atoms with Crippen LogP contribution >= 0.6 is 0 Å². The molecule has 2 aliphatic rings. The summed E-state index contributed by atoms with van der Waals surface area (Å²) in [7, 11) is 1.55. The number of carbonyl (C=O) groups excluding carboxylic acids is 2. The Bertz CT molecular complexity index is 265. The molecule has 4 nitrogen and oxygen atoms in total. The average Bonchev–Trinajstić information content (AvgIpc) is 2.39. The third-order valence-corrected chi connectivity index (χ3v) is 3.28. The van der Waals surface area contributed by atoms with Crippen LogP contribution in [0.2, 0.25) is 0 Å². The highest BCUT2D eigenvalue weighted by Crippen LogP contribution is 2.27. The Morgan fingerprint density at radius 3 is 2.71 bits per heavy atom. The van der Waals surface area contributed by atoms with Crippen molar-refractivity contribution in [3.8, 4) is 0 Å². The second-order valence-electron chi connectivity index (χ2n) is 4.20. The highest BCUT2D eigenvalue weighted by atomic mass is 16.2. The van der Waals surface area contributed by atoms with Crippen LogP contribution in [0.4, 0.5) is 4.79 Å². The van der Waals surface area contributed by atoms with E-state index in [1.54, 1.807) is 7.05 Å². The first kappa shape index (κ1) is 9.49. The second kappa shape index (κ2) is 3.59. The van der Waals surface area contributed by atoms with Crippen LogP contribution in [0, 0.1) is 5.92 Å². The van der Waals surface area contributed by atoms with Crippen LogP contribution in [0.1, 0.15) is 32.1 Å². The van der Waals surface area contributed by atoms with Gasteiger partial charge in [-0.25, -0.2) is 4.79 Å². The first-order valence-electron chi connectivity index (χ1n) is 5.28. The van der Waals surface area contributed by atoms with Gasteiger partial charge in [-0.2, -0.15) is 0 Å². The van der Waals surface area contributed by atoms with E-state index in [1.165, 1.54) is 11.3 Å². The van der Waals surface area contributed by atoms with Gasteiger partial charge in [0.25, 0.3) is 0 Å². The highest BCUT2D eigenvalue weighted by Gasteiger charge is 2.39. The molecule has 2 fully saturated rings. The van der Waals surface area contributed by atoms with Crippen LogP contribution in [0.25, 0.3) is 0 Å². The number of nitrogens with zero attached hydrogens (tertiary/aromatic N) is 1. The van der Waals surface area contributed by atoms with E-state index >= 15 is 0 Å². The summed E-state index contributed by atoms with van der Waals surface area (Å²) in [4.78, 5) is 24.4. The third-order valence-electron chi connectivity index (χ3n) is 3.28. The SMILES string of the molecule is CN1C(=O)NC2CCCCCC2C1=O. The number of rotatable bonds is 0. The Labute approximate surface area is 83.6 Å². The molecule has 78 valence electrons. The number of nitrogens with one attached hydrogen (secondary N) is 1. The minimum atomic E-state index is -0.238. The highest BCUT2D eigenvalue weighted by molar-refractivity contribution is 5.98. The zero-order valence-electron chi connectivity index (χ0n) is 8.45. The van der Waals surface area contributed by atoms with Crippen molar-refractivity contribution in [2.45, 2.75) is 38.1 Å². The maximum Gasteiger partial charge on any atom is 0.324 e. The van der Waals surface area contributed by atoms with E-state index in [0.29, 0.717) is 0 Å². The van der Waals surface area contributed by atoms with Crippen molar-refractivity contribution < 1.29 is 9.59 Å². The topological polar surface area (TPSA) is 49.4 Å². The lowest BCUT2D eigenvalue weighted by atomic mass is 9.92. The van der Waals surface area contributed by atoms with Crippen molar-refractivity contribution in [3.63, 3.8) is 0 Å². The summed E-state index contributed by atoms with van der Waals surface area (Å²) in [6.07, 6.45) is 5.29. The largest absolute Gasteiger partial charge is 0.334 e. The van der Waals surface area contributed by atoms with E-state index in [4.69, 9.17) is 0 Å². The molecule has 14 heavy (non-hydrogen) atoms. The zero-order chi connectivity index (χ0) is 10.1. The van der Waals surface area contributed by atoms with Gasteiger partial charge in [-0.05, 0) is 12.8 Å². The monoisotopic (exact) mass is 196 g/mol. The lowest BCUT2D eigenvalue weighted by molar-refractivity contribution is -0.134. The van der Waals surface area contributed by atoms with Crippen molar-refractivity contribution in [2.75, 3.05) is 7.05 Å². The van der Waals surface area contributed by atoms with Crippen LogP contribution in [-0.2, 0) is 4.79 Å². The van der Waals surface area contributed by atoms with Gasteiger partial charge in [0, 0.05) is 13.1 Å². The molecule has 2 rings (SSSR count). The van der Waals surface area contributed by atoms with E-state index < -0.39 is 0 Å². The molecule has 0 aromatic heterocycles. The molecule has 4 heteroatoms. The van der Waals surface area contributed by atoms with Gasteiger partial charge in [0.1, 0.15) is 0 Å². The van der Waals surface area contributed by atoms with Gasteiger partial charge in [-0.15, -0.1) is 0 Å². The number of fused-ring (bicyclic) bond motifs is 1. The molecular formula is C10H16N2O2. The molecule has 0 radical (unpaired) electrons. The fourth-order valence-corrected chi connectivity index (χ4v) is 2.38. The van der Waals surface area contributed by atoms with Gasteiger partial charge in [0.2, 0.25) is 5.91 Å². The van der Waals surface area contributed by atoms with E-state index in [0.717, 1.165) is 25.7 Å². The molecule has 1 saturated heterocycles. The van der Waals surface area contributed by atoms with Crippen LogP contribution in [0.15, 0.2) is 0 Å². The van der Waals surface area contributed by atoms with E-state index in [-0.39, 0.29) is 23.9 Å². The standard InChI is InChI=1S/C10H16N2O2/c1-12-9(13)7-5-3-2-4-6-8(7)11-10(12)14/h7-8H,2-6H2,1H3,(H,11,14). The first-order valence-corrected chi connectivity index (χ1v) is 5.28.